The molecule has 2 aliphatic rings. The standard InChI is InChI=1S/C15H15ClN2O6/c16-12-5-10(18(22)23)1-2-11(12)13(19)17-6-9-7-24-4-3-15(9,8-17)14(20)21/h1-2,5,9H,3-4,6-8H2,(H,20,21)/t9-,15+/m0/s1. The number of rotatable bonds is 3. The number of ether oxygens (including phenoxy) is 1. The summed E-state index contributed by atoms with van der Waals surface area (Å²) in [5.41, 5.74) is -1.08. The van der Waals surface area contributed by atoms with E-state index in [2.05, 4.69) is 0 Å². The monoisotopic (exact) mass is 354 g/mol. The molecule has 2 heterocycles. The number of amides is 1. The molecule has 1 aromatic carbocycles. The Bertz CT molecular complexity index is 724. The molecule has 24 heavy (non-hydrogen) atoms. The number of carboxylic acids is 1. The zero-order valence-corrected chi connectivity index (χ0v) is 13.4. The number of fused-ring (bicyclic) bond motifs is 1. The van der Waals surface area contributed by atoms with Crippen molar-refractivity contribution >= 4 is 29.2 Å². The van der Waals surface area contributed by atoms with Crippen molar-refractivity contribution in [1.29, 1.82) is 0 Å². The number of halogens is 1. The summed E-state index contributed by atoms with van der Waals surface area (Å²) in [7, 11) is 0. The minimum atomic E-state index is -0.999. The average molecular weight is 355 g/mol. The number of non-ortho nitro benzene ring substituents is 1. The van der Waals surface area contributed by atoms with Crippen LogP contribution in [-0.4, -0.2) is 53.1 Å². The van der Waals surface area contributed by atoms with E-state index in [0.717, 1.165) is 6.07 Å². The number of hydrogen-bond acceptors (Lipinski definition) is 5. The van der Waals surface area contributed by atoms with Crippen LogP contribution in [0.15, 0.2) is 18.2 Å². The van der Waals surface area contributed by atoms with Gasteiger partial charge in [-0.2, -0.15) is 0 Å². The first-order chi connectivity index (χ1) is 11.3. The second-order valence-corrected chi connectivity index (χ2v) is 6.50. The molecule has 0 unspecified atom stereocenters. The summed E-state index contributed by atoms with van der Waals surface area (Å²) in [4.78, 5) is 36.0. The Morgan fingerprint density at radius 1 is 1.46 bits per heavy atom. The fraction of sp³-hybridized carbons (Fsp3) is 0.467. The van der Waals surface area contributed by atoms with E-state index in [1.807, 2.05) is 0 Å². The number of aliphatic carboxylic acids is 1. The summed E-state index contributed by atoms with van der Waals surface area (Å²) in [6.07, 6.45) is 0.352. The normalized spacial score (nSPS) is 26.0. The Morgan fingerprint density at radius 3 is 2.79 bits per heavy atom. The van der Waals surface area contributed by atoms with E-state index in [0.29, 0.717) is 19.6 Å². The smallest absolute Gasteiger partial charge is 0.311 e. The summed E-state index contributed by atoms with van der Waals surface area (Å²) in [5, 5.41) is 20.4. The van der Waals surface area contributed by atoms with Gasteiger partial charge in [0.25, 0.3) is 11.6 Å². The minimum Gasteiger partial charge on any atom is -0.481 e. The van der Waals surface area contributed by atoms with Crippen molar-refractivity contribution in [3.05, 3.63) is 38.9 Å². The first kappa shape index (κ1) is 16.7. The average Bonchev–Trinajstić information content (AvgIpc) is 2.95. The highest BCUT2D eigenvalue weighted by Crippen LogP contribution is 2.43. The maximum absolute atomic E-state index is 12.7. The summed E-state index contributed by atoms with van der Waals surface area (Å²) < 4.78 is 5.36. The Kier molecular flexibility index (Phi) is 4.18. The summed E-state index contributed by atoms with van der Waals surface area (Å²) in [6.45, 7) is 0.994. The minimum absolute atomic E-state index is 0.0234. The van der Waals surface area contributed by atoms with Crippen LogP contribution in [0.5, 0.6) is 0 Å². The SMILES string of the molecule is O=C(c1ccc([N+](=O)[O-])cc1Cl)N1C[C@H]2COCC[C@@]2(C(=O)O)C1. The molecule has 0 spiro atoms. The predicted octanol–water partition coefficient (Wildman–Crippen LogP) is 1.81. The van der Waals surface area contributed by atoms with Crippen LogP contribution in [0.1, 0.15) is 16.8 Å². The first-order valence-electron chi connectivity index (χ1n) is 7.39. The maximum atomic E-state index is 12.7. The third-order valence-electron chi connectivity index (χ3n) is 4.81. The van der Waals surface area contributed by atoms with E-state index < -0.39 is 22.2 Å². The molecule has 0 aromatic heterocycles. The van der Waals surface area contributed by atoms with Crippen LogP contribution >= 0.6 is 11.6 Å². The van der Waals surface area contributed by atoms with Crippen molar-refractivity contribution < 1.29 is 24.4 Å². The van der Waals surface area contributed by atoms with Gasteiger partial charge in [0.1, 0.15) is 0 Å². The Morgan fingerprint density at radius 2 is 2.21 bits per heavy atom. The molecule has 2 atom stereocenters. The molecule has 0 aliphatic carbocycles. The topological polar surface area (TPSA) is 110 Å². The highest BCUT2D eigenvalue weighted by molar-refractivity contribution is 6.34. The van der Waals surface area contributed by atoms with Crippen LogP contribution in [-0.2, 0) is 9.53 Å². The molecule has 128 valence electrons. The van der Waals surface area contributed by atoms with Gasteiger partial charge >= 0.3 is 5.97 Å². The molecule has 9 heteroatoms. The Hall–Kier alpha value is -2.19. The van der Waals surface area contributed by atoms with Gasteiger partial charge in [-0.3, -0.25) is 19.7 Å². The number of nitro groups is 1. The largest absolute Gasteiger partial charge is 0.481 e. The number of carbonyl (C=O) groups excluding carboxylic acids is 1. The molecule has 1 N–H and O–H groups in total. The molecule has 8 nitrogen and oxygen atoms in total. The number of nitro benzene ring substituents is 1. The predicted molar refractivity (Wildman–Crippen MR) is 83.0 cm³/mol. The van der Waals surface area contributed by atoms with Gasteiger partial charge in [-0.1, -0.05) is 11.6 Å². The molecular formula is C15H15ClN2O6. The van der Waals surface area contributed by atoms with Gasteiger partial charge in [-0.25, -0.2) is 0 Å². The van der Waals surface area contributed by atoms with Crippen LogP contribution < -0.4 is 0 Å². The van der Waals surface area contributed by atoms with E-state index in [-0.39, 0.29) is 35.3 Å². The van der Waals surface area contributed by atoms with Crippen LogP contribution in [0, 0.1) is 21.4 Å². The molecule has 1 aromatic rings. The molecule has 2 aliphatic heterocycles. The zero-order chi connectivity index (χ0) is 17.5. The van der Waals surface area contributed by atoms with Gasteiger partial charge in [0.05, 0.1) is 27.5 Å². The molecule has 0 radical (unpaired) electrons. The maximum Gasteiger partial charge on any atom is 0.311 e. The van der Waals surface area contributed by atoms with Gasteiger partial charge in [0.2, 0.25) is 0 Å². The summed E-state index contributed by atoms with van der Waals surface area (Å²) in [5.74, 6) is -1.63. The fourth-order valence-corrected chi connectivity index (χ4v) is 3.67. The van der Waals surface area contributed by atoms with Crippen LogP contribution in [0.2, 0.25) is 5.02 Å². The zero-order valence-electron chi connectivity index (χ0n) is 12.6. The van der Waals surface area contributed by atoms with Gasteiger partial charge in [0.15, 0.2) is 0 Å². The Labute approximate surface area is 142 Å². The van der Waals surface area contributed by atoms with E-state index in [9.17, 15) is 24.8 Å². The van der Waals surface area contributed by atoms with Crippen molar-refractivity contribution in [2.24, 2.45) is 11.3 Å². The van der Waals surface area contributed by atoms with E-state index in [4.69, 9.17) is 16.3 Å². The second-order valence-electron chi connectivity index (χ2n) is 6.09. The molecule has 2 fully saturated rings. The lowest BCUT2D eigenvalue weighted by Crippen LogP contribution is -2.45. The molecule has 1 amide bonds. The molecule has 2 saturated heterocycles. The van der Waals surface area contributed by atoms with E-state index in [1.54, 1.807) is 0 Å². The van der Waals surface area contributed by atoms with E-state index >= 15 is 0 Å². The molecule has 3 rings (SSSR count). The lowest BCUT2D eigenvalue weighted by atomic mass is 9.74. The lowest BCUT2D eigenvalue weighted by molar-refractivity contribution is -0.384. The number of carboxylic acid groups (broad SMARTS) is 1. The third-order valence-corrected chi connectivity index (χ3v) is 5.13. The van der Waals surface area contributed by atoms with E-state index in [1.165, 1.54) is 17.0 Å². The van der Waals surface area contributed by atoms with Crippen LogP contribution in [0.25, 0.3) is 0 Å². The van der Waals surface area contributed by atoms with Crippen molar-refractivity contribution in [2.75, 3.05) is 26.3 Å². The lowest BCUT2D eigenvalue weighted by Gasteiger charge is -2.33. The number of hydrogen-bond donors (Lipinski definition) is 1. The van der Waals surface area contributed by atoms with Crippen molar-refractivity contribution in [3.8, 4) is 0 Å². The number of benzene rings is 1. The summed E-state index contributed by atoms with van der Waals surface area (Å²) >= 11 is 6.00. The van der Waals surface area contributed by atoms with Gasteiger partial charge < -0.3 is 14.7 Å². The quantitative estimate of drug-likeness (QED) is 0.654. The highest BCUT2D eigenvalue weighted by atomic mass is 35.5. The molecule has 0 saturated carbocycles. The van der Waals surface area contributed by atoms with Crippen molar-refractivity contribution in [3.63, 3.8) is 0 Å². The van der Waals surface area contributed by atoms with Gasteiger partial charge in [-0.05, 0) is 12.5 Å². The van der Waals surface area contributed by atoms with Crippen LogP contribution in [0.4, 0.5) is 5.69 Å². The van der Waals surface area contributed by atoms with Gasteiger partial charge in [0, 0.05) is 37.7 Å². The van der Waals surface area contributed by atoms with Crippen LogP contribution in [0.3, 0.4) is 0 Å². The van der Waals surface area contributed by atoms with Crippen molar-refractivity contribution in [2.45, 2.75) is 6.42 Å². The Balaban J connectivity index is 1.86. The highest BCUT2D eigenvalue weighted by Gasteiger charge is 2.55. The third kappa shape index (κ3) is 2.61. The fourth-order valence-electron chi connectivity index (χ4n) is 3.42. The number of likely N-dealkylation sites (tertiary alicyclic amines) is 1. The first-order valence-corrected chi connectivity index (χ1v) is 7.77. The number of carbonyl (C=O) groups is 2. The molecule has 0 bridgehead atoms. The molecular weight excluding hydrogens is 340 g/mol. The summed E-state index contributed by atoms with van der Waals surface area (Å²) in [6, 6.07) is 3.63. The second kappa shape index (κ2) is 6.03. The number of nitrogens with zero attached hydrogens (tertiary/aromatic N) is 2. The van der Waals surface area contributed by atoms with Crippen molar-refractivity contribution in [1.82, 2.24) is 4.90 Å². The van der Waals surface area contributed by atoms with Gasteiger partial charge in [-0.15, -0.1) is 0 Å².